The molecule has 0 N–H and O–H groups in total. The van der Waals surface area contributed by atoms with Gasteiger partial charge in [0.1, 0.15) is 0 Å². The van der Waals surface area contributed by atoms with Crippen molar-refractivity contribution >= 4 is 23.1 Å². The number of rotatable bonds is 10. The van der Waals surface area contributed by atoms with E-state index in [1.54, 1.807) is 0 Å². The molecule has 2 atom stereocenters. The van der Waals surface area contributed by atoms with Crippen LogP contribution in [0.1, 0.15) is 142 Å². The molecular weight excluding hydrogens is 659 g/mol. The molecule has 282 valence electrons. The minimum atomic E-state index is 0.149. The third-order valence-corrected chi connectivity index (χ3v) is 12.2. The van der Waals surface area contributed by atoms with E-state index >= 15 is 0 Å². The van der Waals surface area contributed by atoms with Crippen molar-refractivity contribution in [2.75, 3.05) is 0 Å². The molecule has 0 heterocycles. The predicted molar refractivity (Wildman–Crippen MR) is 242 cm³/mol. The molecule has 0 aromatic heterocycles. The second kappa shape index (κ2) is 17.0. The van der Waals surface area contributed by atoms with Gasteiger partial charge in [-0.3, -0.25) is 0 Å². The van der Waals surface area contributed by atoms with Gasteiger partial charge in [0, 0.05) is 11.8 Å². The van der Waals surface area contributed by atoms with E-state index in [1.165, 1.54) is 112 Å². The Labute approximate surface area is 334 Å². The molecular formula is C54H63B. The van der Waals surface area contributed by atoms with Crippen LogP contribution in [0, 0.1) is 48.5 Å². The normalized spacial score (nSPS) is 13.5. The second-order valence-corrected chi connectivity index (χ2v) is 16.6. The van der Waals surface area contributed by atoms with Gasteiger partial charge in [0.05, 0.1) is 0 Å². The molecule has 55 heavy (non-hydrogen) atoms. The molecule has 7 rings (SSSR count). The fraction of sp³-hybridized carbons (Fsp3) is 0.333. The Morgan fingerprint density at radius 1 is 0.491 bits per heavy atom. The van der Waals surface area contributed by atoms with Gasteiger partial charge < -0.3 is 0 Å². The molecule has 0 aliphatic heterocycles. The minimum Gasteiger partial charge on any atom is -0.0656 e. The number of fused-ring (bicyclic) bond motifs is 1. The fourth-order valence-electron chi connectivity index (χ4n) is 9.27. The Hall–Kier alpha value is -4.62. The molecule has 1 aliphatic carbocycles. The van der Waals surface area contributed by atoms with E-state index in [2.05, 4.69) is 186 Å². The first-order valence-electron chi connectivity index (χ1n) is 21.0. The van der Waals surface area contributed by atoms with E-state index in [-0.39, 0.29) is 6.71 Å². The Balaban J connectivity index is 0.00000166. The summed E-state index contributed by atoms with van der Waals surface area (Å²) < 4.78 is 0. The first kappa shape index (κ1) is 40.1. The summed E-state index contributed by atoms with van der Waals surface area (Å²) in [5.74, 6) is 0.735. The lowest BCUT2D eigenvalue weighted by atomic mass is 9.33. The summed E-state index contributed by atoms with van der Waals surface area (Å²) in [7, 11) is 0. The first-order valence-corrected chi connectivity index (χ1v) is 21.0. The first-order chi connectivity index (χ1) is 26.4. The second-order valence-electron chi connectivity index (χ2n) is 16.6. The van der Waals surface area contributed by atoms with Crippen LogP contribution in [0.25, 0.3) is 0 Å². The largest absolute Gasteiger partial charge is 0.243 e. The number of aryl methyl sites for hydroxylation is 8. The summed E-state index contributed by atoms with van der Waals surface area (Å²) in [6, 6.07) is 40.0. The molecule has 1 heteroatoms. The lowest BCUT2D eigenvalue weighted by Gasteiger charge is -2.28. The van der Waals surface area contributed by atoms with Gasteiger partial charge >= 0.3 is 0 Å². The van der Waals surface area contributed by atoms with Crippen LogP contribution in [0.3, 0.4) is 0 Å². The van der Waals surface area contributed by atoms with E-state index in [9.17, 15) is 0 Å². The van der Waals surface area contributed by atoms with Gasteiger partial charge in [0.25, 0.3) is 0 Å². The summed E-state index contributed by atoms with van der Waals surface area (Å²) in [5.41, 5.74) is 26.9. The molecule has 1 aliphatic rings. The quantitative estimate of drug-likeness (QED) is 0.123. The number of hydrogen-bond acceptors (Lipinski definition) is 0. The van der Waals surface area contributed by atoms with Gasteiger partial charge in [0.15, 0.2) is 0 Å². The van der Waals surface area contributed by atoms with Gasteiger partial charge in [-0.1, -0.05) is 200 Å². The van der Waals surface area contributed by atoms with E-state index in [0.29, 0.717) is 11.8 Å². The van der Waals surface area contributed by atoms with E-state index in [0.717, 1.165) is 19.3 Å². The molecule has 0 nitrogen and oxygen atoms in total. The monoisotopic (exact) mass is 723 g/mol. The van der Waals surface area contributed by atoms with Gasteiger partial charge in [-0.25, -0.2) is 0 Å². The molecule has 0 bridgehead atoms. The maximum Gasteiger partial charge on any atom is 0.243 e. The molecule has 0 spiro atoms. The zero-order chi connectivity index (χ0) is 39.6. The van der Waals surface area contributed by atoms with E-state index in [4.69, 9.17) is 0 Å². The zero-order valence-corrected chi connectivity index (χ0v) is 35.9. The molecule has 0 radical (unpaired) electrons. The number of hydrogen-bond donors (Lipinski definition) is 0. The van der Waals surface area contributed by atoms with Crippen LogP contribution < -0.4 is 16.4 Å². The fourth-order valence-corrected chi connectivity index (χ4v) is 9.27. The summed E-state index contributed by atoms with van der Waals surface area (Å²) >= 11 is 0. The maximum atomic E-state index is 2.51. The number of benzene rings is 6. The summed E-state index contributed by atoms with van der Waals surface area (Å²) in [5, 5.41) is 0. The van der Waals surface area contributed by atoms with Crippen LogP contribution in [-0.2, 0) is 19.3 Å². The molecule has 0 saturated carbocycles. The van der Waals surface area contributed by atoms with Crippen LogP contribution in [-0.4, -0.2) is 6.71 Å². The SMILES string of the molecule is CCC.CCc1ccc(C(C)c2cc(C)c(B(c3c(C)cc(Cc4ccc(C)cc4)cc3C)c3c(C)cc4c(c3C)C4c3ccc(CC)cc3)c(C)c2)cc1. The average Bonchev–Trinajstić information content (AvgIpc) is 3.89. The topological polar surface area (TPSA) is 0 Å². The van der Waals surface area contributed by atoms with Gasteiger partial charge in [-0.15, -0.1) is 0 Å². The lowest BCUT2D eigenvalue weighted by Crippen LogP contribution is -2.57. The third-order valence-electron chi connectivity index (χ3n) is 12.2. The van der Waals surface area contributed by atoms with Crippen LogP contribution >= 0.6 is 0 Å². The maximum absolute atomic E-state index is 2.51. The molecule has 0 amide bonds. The molecule has 6 aromatic carbocycles. The van der Waals surface area contributed by atoms with Gasteiger partial charge in [-0.05, 0) is 118 Å². The average molecular weight is 723 g/mol. The van der Waals surface area contributed by atoms with Crippen LogP contribution in [0.15, 0.2) is 103 Å². The van der Waals surface area contributed by atoms with Crippen LogP contribution in [0.2, 0.25) is 0 Å². The minimum absolute atomic E-state index is 0.149. The van der Waals surface area contributed by atoms with Crippen molar-refractivity contribution < 1.29 is 0 Å². The molecule has 0 saturated heterocycles. The van der Waals surface area contributed by atoms with Crippen molar-refractivity contribution in [2.24, 2.45) is 0 Å². The smallest absolute Gasteiger partial charge is 0.0656 e. The van der Waals surface area contributed by atoms with Crippen molar-refractivity contribution in [1.82, 2.24) is 0 Å². The highest BCUT2D eigenvalue weighted by Crippen LogP contribution is 2.50. The Morgan fingerprint density at radius 3 is 1.45 bits per heavy atom. The van der Waals surface area contributed by atoms with E-state index in [1.807, 2.05) is 0 Å². The Kier molecular flexibility index (Phi) is 12.4. The summed E-state index contributed by atoms with van der Waals surface area (Å²) in [6.45, 7) is 27.6. The van der Waals surface area contributed by atoms with Crippen molar-refractivity contribution in [3.8, 4) is 0 Å². The zero-order valence-electron chi connectivity index (χ0n) is 35.9. The summed E-state index contributed by atoms with van der Waals surface area (Å²) in [6.07, 6.45) is 4.35. The lowest BCUT2D eigenvalue weighted by molar-refractivity contribution is 0.916. The van der Waals surface area contributed by atoms with Crippen molar-refractivity contribution in [1.29, 1.82) is 0 Å². The molecule has 2 unspecified atom stereocenters. The molecule has 6 aromatic rings. The Morgan fingerprint density at radius 2 is 0.945 bits per heavy atom. The highest BCUT2D eigenvalue weighted by molar-refractivity contribution is 6.97. The van der Waals surface area contributed by atoms with E-state index < -0.39 is 0 Å². The Bertz CT molecular complexity index is 2220. The predicted octanol–water partition coefficient (Wildman–Crippen LogP) is 12.1. The van der Waals surface area contributed by atoms with Gasteiger partial charge in [0.2, 0.25) is 6.71 Å². The summed E-state index contributed by atoms with van der Waals surface area (Å²) in [4.78, 5) is 0. The van der Waals surface area contributed by atoms with Crippen LogP contribution in [0.4, 0.5) is 0 Å². The standard InChI is InChI=1S/C51H55B.C3H8/c1-11-39-17-21-43(22-18-39)37(9)45-27-34(6)50(35(7)28-45)52(49-32(4)25-42(26-33(49)5)30-41-15-13-31(3)14-16-41)51-36(8)29-46-47(38(51)10)48(46)44-23-19-40(12-2)20-24-44;1-3-2/h13-29,37,48H,11-12,30H2,1-10H3;3H2,1-2H3. The third kappa shape index (κ3) is 8.33. The molecule has 0 fully saturated rings. The van der Waals surface area contributed by atoms with Gasteiger partial charge in [-0.2, -0.15) is 0 Å². The highest BCUT2D eigenvalue weighted by atomic mass is 14.4. The van der Waals surface area contributed by atoms with Crippen molar-refractivity contribution in [3.05, 3.63) is 192 Å². The van der Waals surface area contributed by atoms with Crippen LogP contribution in [0.5, 0.6) is 0 Å². The van der Waals surface area contributed by atoms with Crippen molar-refractivity contribution in [3.63, 3.8) is 0 Å². The highest BCUT2D eigenvalue weighted by Gasteiger charge is 2.40. The van der Waals surface area contributed by atoms with Crippen molar-refractivity contribution in [2.45, 2.75) is 121 Å².